The summed E-state index contributed by atoms with van der Waals surface area (Å²) in [4.78, 5) is 4.55. The molecule has 2 atom stereocenters. The topological polar surface area (TPSA) is 42.2 Å². The quantitative estimate of drug-likeness (QED) is 0.934. The van der Waals surface area contributed by atoms with Crippen LogP contribution in [0.5, 0.6) is 0 Å². The van der Waals surface area contributed by atoms with Gasteiger partial charge in [0.25, 0.3) is 0 Å². The fourth-order valence-corrected chi connectivity index (χ4v) is 3.68. The van der Waals surface area contributed by atoms with Crippen molar-refractivity contribution in [3.05, 3.63) is 29.2 Å². The number of hydrogen-bond donors (Lipinski definition) is 1. The minimum atomic E-state index is 0.307. The number of aromatic nitrogens is 3. The molecule has 4 heteroatoms. The first-order chi connectivity index (χ1) is 10.1. The van der Waals surface area contributed by atoms with Crippen molar-refractivity contribution in [2.75, 3.05) is 0 Å². The number of hydrogen-bond acceptors (Lipinski definition) is 3. The van der Waals surface area contributed by atoms with Crippen molar-refractivity contribution in [3.63, 3.8) is 0 Å². The standard InChI is InChI=1S/C17H26N4/c1-11-9-17-18-10-16(14(4)21(17)20-11)13(3)19-12(2)15-7-5-6-8-15/h9-10,12-13,15,19H,5-8H2,1-4H3/t12-,13?/m1/s1. The average Bonchev–Trinajstić information content (AvgIpc) is 3.07. The Morgan fingerprint density at radius 3 is 2.67 bits per heavy atom. The van der Waals surface area contributed by atoms with Gasteiger partial charge in [0.1, 0.15) is 0 Å². The third-order valence-corrected chi connectivity index (χ3v) is 4.97. The molecule has 1 aliphatic carbocycles. The van der Waals surface area contributed by atoms with E-state index in [2.05, 4.69) is 36.2 Å². The van der Waals surface area contributed by atoms with E-state index in [-0.39, 0.29) is 0 Å². The fraction of sp³-hybridized carbons (Fsp3) is 0.647. The Balaban J connectivity index is 1.80. The van der Waals surface area contributed by atoms with Crippen LogP contribution in [-0.4, -0.2) is 20.6 Å². The molecule has 1 fully saturated rings. The molecule has 1 aliphatic rings. The van der Waals surface area contributed by atoms with E-state index < -0.39 is 0 Å². The normalized spacial score (nSPS) is 19.2. The van der Waals surface area contributed by atoms with E-state index in [0.717, 1.165) is 17.3 Å². The molecule has 1 N–H and O–H groups in total. The van der Waals surface area contributed by atoms with Gasteiger partial charge in [-0.25, -0.2) is 9.50 Å². The summed E-state index contributed by atoms with van der Waals surface area (Å²) in [5.41, 5.74) is 4.38. The zero-order valence-electron chi connectivity index (χ0n) is 13.6. The maximum absolute atomic E-state index is 4.55. The number of nitrogens with one attached hydrogen (secondary N) is 1. The van der Waals surface area contributed by atoms with Gasteiger partial charge in [-0.05, 0) is 46.5 Å². The summed E-state index contributed by atoms with van der Waals surface area (Å²) < 4.78 is 1.96. The molecular weight excluding hydrogens is 260 g/mol. The van der Waals surface area contributed by atoms with Gasteiger partial charge in [-0.15, -0.1) is 0 Å². The first-order valence-electron chi connectivity index (χ1n) is 8.14. The maximum Gasteiger partial charge on any atom is 0.155 e. The van der Waals surface area contributed by atoms with Crippen LogP contribution in [-0.2, 0) is 0 Å². The SMILES string of the molecule is Cc1cc2ncc(C(C)N[C@H](C)C3CCCC3)c(C)n2n1. The third kappa shape index (κ3) is 2.82. The molecule has 3 rings (SSSR count). The molecule has 0 aliphatic heterocycles. The van der Waals surface area contributed by atoms with Crippen LogP contribution in [0.1, 0.15) is 62.5 Å². The Labute approximate surface area is 127 Å². The molecule has 0 amide bonds. The zero-order chi connectivity index (χ0) is 15.0. The van der Waals surface area contributed by atoms with Crippen molar-refractivity contribution >= 4 is 5.65 Å². The molecule has 0 saturated heterocycles. The van der Waals surface area contributed by atoms with Crippen molar-refractivity contribution in [1.29, 1.82) is 0 Å². The molecule has 2 heterocycles. The lowest BCUT2D eigenvalue weighted by atomic mass is 9.98. The van der Waals surface area contributed by atoms with Crippen LogP contribution in [0.4, 0.5) is 0 Å². The van der Waals surface area contributed by atoms with E-state index in [9.17, 15) is 0 Å². The summed E-state index contributed by atoms with van der Waals surface area (Å²) in [7, 11) is 0. The largest absolute Gasteiger partial charge is 0.307 e. The Morgan fingerprint density at radius 1 is 1.24 bits per heavy atom. The monoisotopic (exact) mass is 286 g/mol. The van der Waals surface area contributed by atoms with Crippen LogP contribution in [0.25, 0.3) is 5.65 Å². The smallest absolute Gasteiger partial charge is 0.155 e. The van der Waals surface area contributed by atoms with E-state index in [1.807, 2.05) is 23.7 Å². The molecular formula is C17H26N4. The summed E-state index contributed by atoms with van der Waals surface area (Å²) in [6, 6.07) is 2.90. The minimum Gasteiger partial charge on any atom is -0.307 e. The summed E-state index contributed by atoms with van der Waals surface area (Å²) in [5, 5.41) is 8.31. The van der Waals surface area contributed by atoms with E-state index in [1.54, 1.807) is 0 Å². The lowest BCUT2D eigenvalue weighted by Crippen LogP contribution is -2.34. The first-order valence-corrected chi connectivity index (χ1v) is 8.14. The van der Waals surface area contributed by atoms with Crippen molar-refractivity contribution < 1.29 is 0 Å². The van der Waals surface area contributed by atoms with Gasteiger partial charge >= 0.3 is 0 Å². The molecule has 2 aromatic heterocycles. The van der Waals surface area contributed by atoms with Gasteiger partial charge in [-0.2, -0.15) is 5.10 Å². The van der Waals surface area contributed by atoms with E-state index in [4.69, 9.17) is 0 Å². The summed E-state index contributed by atoms with van der Waals surface area (Å²) in [5.74, 6) is 0.830. The average molecular weight is 286 g/mol. The van der Waals surface area contributed by atoms with Gasteiger partial charge in [-0.1, -0.05) is 12.8 Å². The van der Waals surface area contributed by atoms with Crippen LogP contribution in [0.2, 0.25) is 0 Å². The second-order valence-electron chi connectivity index (χ2n) is 6.58. The van der Waals surface area contributed by atoms with E-state index >= 15 is 0 Å². The minimum absolute atomic E-state index is 0.307. The number of aryl methyl sites for hydroxylation is 2. The van der Waals surface area contributed by atoms with Crippen LogP contribution in [0.3, 0.4) is 0 Å². The van der Waals surface area contributed by atoms with Crippen LogP contribution >= 0.6 is 0 Å². The van der Waals surface area contributed by atoms with Crippen molar-refractivity contribution in [2.24, 2.45) is 5.92 Å². The van der Waals surface area contributed by atoms with Gasteiger partial charge in [0, 0.05) is 35.6 Å². The van der Waals surface area contributed by atoms with E-state index in [0.29, 0.717) is 12.1 Å². The second kappa shape index (κ2) is 5.76. The Kier molecular flexibility index (Phi) is 3.98. The van der Waals surface area contributed by atoms with Crippen LogP contribution in [0, 0.1) is 19.8 Å². The molecule has 4 nitrogen and oxygen atoms in total. The molecule has 1 saturated carbocycles. The highest BCUT2D eigenvalue weighted by atomic mass is 15.3. The number of nitrogens with zero attached hydrogens (tertiary/aromatic N) is 3. The highest BCUT2D eigenvalue weighted by molar-refractivity contribution is 5.42. The highest BCUT2D eigenvalue weighted by Gasteiger charge is 2.23. The predicted molar refractivity (Wildman–Crippen MR) is 85.4 cm³/mol. The molecule has 0 radical (unpaired) electrons. The van der Waals surface area contributed by atoms with Gasteiger partial charge < -0.3 is 5.32 Å². The van der Waals surface area contributed by atoms with E-state index in [1.165, 1.54) is 36.9 Å². The predicted octanol–water partition coefficient (Wildman–Crippen LogP) is 3.58. The Bertz CT molecular complexity index is 625. The second-order valence-corrected chi connectivity index (χ2v) is 6.58. The zero-order valence-corrected chi connectivity index (χ0v) is 13.6. The summed E-state index contributed by atoms with van der Waals surface area (Å²) >= 11 is 0. The fourth-order valence-electron chi connectivity index (χ4n) is 3.68. The van der Waals surface area contributed by atoms with Gasteiger partial charge in [0.05, 0.1) is 5.69 Å². The van der Waals surface area contributed by atoms with Gasteiger partial charge in [0.2, 0.25) is 0 Å². The van der Waals surface area contributed by atoms with Crippen molar-refractivity contribution in [2.45, 2.75) is 65.5 Å². The molecule has 21 heavy (non-hydrogen) atoms. The molecule has 0 bridgehead atoms. The van der Waals surface area contributed by atoms with Crippen molar-refractivity contribution in [3.8, 4) is 0 Å². The molecule has 2 aromatic rings. The number of fused-ring (bicyclic) bond motifs is 1. The van der Waals surface area contributed by atoms with Gasteiger partial charge in [0.15, 0.2) is 5.65 Å². The van der Waals surface area contributed by atoms with Crippen LogP contribution in [0.15, 0.2) is 12.3 Å². The molecule has 114 valence electrons. The first kappa shape index (κ1) is 14.5. The van der Waals surface area contributed by atoms with Gasteiger partial charge in [-0.3, -0.25) is 0 Å². The Hall–Kier alpha value is -1.42. The lowest BCUT2D eigenvalue weighted by molar-refractivity contribution is 0.351. The molecule has 0 aromatic carbocycles. The Morgan fingerprint density at radius 2 is 1.95 bits per heavy atom. The maximum atomic E-state index is 4.55. The molecule has 1 unspecified atom stereocenters. The highest BCUT2D eigenvalue weighted by Crippen LogP contribution is 2.29. The molecule has 0 spiro atoms. The summed E-state index contributed by atoms with van der Waals surface area (Å²) in [6.07, 6.45) is 7.53. The number of rotatable bonds is 4. The van der Waals surface area contributed by atoms with Crippen LogP contribution < -0.4 is 5.32 Å². The third-order valence-electron chi connectivity index (χ3n) is 4.97. The summed E-state index contributed by atoms with van der Waals surface area (Å²) in [6.45, 7) is 8.70. The lowest BCUT2D eigenvalue weighted by Gasteiger charge is -2.25. The van der Waals surface area contributed by atoms with Crippen molar-refractivity contribution in [1.82, 2.24) is 19.9 Å².